The maximum absolute atomic E-state index is 4.37. The Kier molecular flexibility index (Phi) is 3.23. The summed E-state index contributed by atoms with van der Waals surface area (Å²) in [7, 11) is 1.88. The molecule has 3 nitrogen and oxygen atoms in total. The van der Waals surface area contributed by atoms with Crippen LogP contribution in [0.15, 0.2) is 6.07 Å². The summed E-state index contributed by atoms with van der Waals surface area (Å²) in [4.78, 5) is 8.61. The van der Waals surface area contributed by atoms with Crippen LogP contribution in [0.3, 0.4) is 0 Å². The molecule has 1 rings (SSSR count). The number of nitrogens with zero attached hydrogens (tertiary/aromatic N) is 2. The van der Waals surface area contributed by atoms with Crippen LogP contribution in [0.2, 0.25) is 0 Å². The van der Waals surface area contributed by atoms with E-state index in [1.807, 2.05) is 20.0 Å². The van der Waals surface area contributed by atoms with E-state index in [9.17, 15) is 0 Å². The summed E-state index contributed by atoms with van der Waals surface area (Å²) < 4.78 is 0. The second kappa shape index (κ2) is 4.21. The standard InChI is InChI=1S/C10H17N3/c1-7(2)5-9-6-10(11-4)13-8(3)12-9/h6-7H,5H2,1-4H3,(H,11,12,13). The normalized spacial score (nSPS) is 10.5. The van der Waals surface area contributed by atoms with Crippen LogP contribution in [0.5, 0.6) is 0 Å². The Balaban J connectivity index is 2.88. The van der Waals surface area contributed by atoms with Gasteiger partial charge in [-0.2, -0.15) is 0 Å². The van der Waals surface area contributed by atoms with Gasteiger partial charge in [0.1, 0.15) is 11.6 Å². The van der Waals surface area contributed by atoms with Gasteiger partial charge in [-0.1, -0.05) is 13.8 Å². The monoisotopic (exact) mass is 179 g/mol. The molecule has 0 aliphatic carbocycles. The Morgan fingerprint density at radius 2 is 2.08 bits per heavy atom. The lowest BCUT2D eigenvalue weighted by Gasteiger charge is -2.07. The molecule has 0 amide bonds. The number of rotatable bonds is 3. The molecule has 0 spiro atoms. The van der Waals surface area contributed by atoms with Crippen molar-refractivity contribution in [2.45, 2.75) is 27.2 Å². The van der Waals surface area contributed by atoms with Crippen molar-refractivity contribution in [1.82, 2.24) is 9.97 Å². The second-order valence-corrected chi connectivity index (χ2v) is 3.64. The number of aryl methyl sites for hydroxylation is 1. The first kappa shape index (κ1) is 9.96. The molecule has 0 unspecified atom stereocenters. The zero-order valence-corrected chi connectivity index (χ0v) is 8.76. The highest BCUT2D eigenvalue weighted by Gasteiger charge is 2.02. The molecule has 1 heterocycles. The van der Waals surface area contributed by atoms with E-state index < -0.39 is 0 Å². The molecule has 0 atom stereocenters. The summed E-state index contributed by atoms with van der Waals surface area (Å²) in [6, 6.07) is 2.01. The number of hydrogen-bond donors (Lipinski definition) is 1. The Labute approximate surface area is 79.6 Å². The fourth-order valence-corrected chi connectivity index (χ4v) is 1.28. The van der Waals surface area contributed by atoms with Gasteiger partial charge in [0.2, 0.25) is 0 Å². The third kappa shape index (κ3) is 3.01. The zero-order valence-electron chi connectivity index (χ0n) is 8.76. The van der Waals surface area contributed by atoms with Gasteiger partial charge in [0, 0.05) is 18.8 Å². The molecular formula is C10H17N3. The molecule has 13 heavy (non-hydrogen) atoms. The molecule has 0 aliphatic heterocycles. The van der Waals surface area contributed by atoms with Crippen LogP contribution in [0.4, 0.5) is 5.82 Å². The summed E-state index contributed by atoms with van der Waals surface area (Å²) in [6.07, 6.45) is 1.01. The number of aromatic nitrogens is 2. The first-order valence-electron chi connectivity index (χ1n) is 4.64. The minimum absolute atomic E-state index is 0.638. The van der Waals surface area contributed by atoms with Crippen LogP contribution in [-0.4, -0.2) is 17.0 Å². The van der Waals surface area contributed by atoms with E-state index in [0.29, 0.717) is 5.92 Å². The van der Waals surface area contributed by atoms with E-state index in [1.54, 1.807) is 0 Å². The Hall–Kier alpha value is -1.12. The van der Waals surface area contributed by atoms with Crippen LogP contribution in [-0.2, 0) is 6.42 Å². The Morgan fingerprint density at radius 3 is 2.62 bits per heavy atom. The highest BCUT2D eigenvalue weighted by Crippen LogP contribution is 2.09. The van der Waals surface area contributed by atoms with Crippen molar-refractivity contribution < 1.29 is 0 Å². The molecule has 0 radical (unpaired) electrons. The zero-order chi connectivity index (χ0) is 9.84. The van der Waals surface area contributed by atoms with Crippen LogP contribution in [0, 0.1) is 12.8 Å². The van der Waals surface area contributed by atoms with Crippen molar-refractivity contribution >= 4 is 5.82 Å². The fourth-order valence-electron chi connectivity index (χ4n) is 1.28. The third-order valence-electron chi connectivity index (χ3n) is 1.76. The van der Waals surface area contributed by atoms with Gasteiger partial charge in [-0.3, -0.25) is 0 Å². The van der Waals surface area contributed by atoms with Gasteiger partial charge in [-0.15, -0.1) is 0 Å². The molecule has 3 heteroatoms. The molecule has 0 fully saturated rings. The van der Waals surface area contributed by atoms with Gasteiger partial charge in [-0.25, -0.2) is 9.97 Å². The van der Waals surface area contributed by atoms with Crippen LogP contribution >= 0.6 is 0 Å². The summed E-state index contributed by atoms with van der Waals surface area (Å²) in [5, 5.41) is 3.03. The minimum Gasteiger partial charge on any atom is -0.373 e. The van der Waals surface area contributed by atoms with E-state index >= 15 is 0 Å². The molecule has 0 aliphatic rings. The van der Waals surface area contributed by atoms with Gasteiger partial charge in [0.05, 0.1) is 0 Å². The maximum Gasteiger partial charge on any atom is 0.129 e. The number of hydrogen-bond acceptors (Lipinski definition) is 3. The Bertz CT molecular complexity index is 281. The largest absolute Gasteiger partial charge is 0.373 e. The van der Waals surface area contributed by atoms with Crippen molar-refractivity contribution in [2.75, 3.05) is 12.4 Å². The summed E-state index contributed by atoms with van der Waals surface area (Å²) >= 11 is 0. The van der Waals surface area contributed by atoms with E-state index in [2.05, 4.69) is 29.1 Å². The van der Waals surface area contributed by atoms with Gasteiger partial charge >= 0.3 is 0 Å². The van der Waals surface area contributed by atoms with E-state index in [-0.39, 0.29) is 0 Å². The number of nitrogens with one attached hydrogen (secondary N) is 1. The van der Waals surface area contributed by atoms with Gasteiger partial charge < -0.3 is 5.32 Å². The molecule has 0 aromatic carbocycles. The predicted molar refractivity (Wildman–Crippen MR) is 54.9 cm³/mol. The lowest BCUT2D eigenvalue weighted by Crippen LogP contribution is -2.03. The second-order valence-electron chi connectivity index (χ2n) is 3.64. The molecule has 0 saturated heterocycles. The van der Waals surface area contributed by atoms with Crippen molar-refractivity contribution in [3.05, 3.63) is 17.6 Å². The van der Waals surface area contributed by atoms with Crippen molar-refractivity contribution in [2.24, 2.45) is 5.92 Å². The lowest BCUT2D eigenvalue weighted by molar-refractivity contribution is 0.632. The molecule has 1 N–H and O–H groups in total. The van der Waals surface area contributed by atoms with Crippen LogP contribution in [0.25, 0.3) is 0 Å². The predicted octanol–water partition coefficient (Wildman–Crippen LogP) is 2.03. The van der Waals surface area contributed by atoms with Gasteiger partial charge in [0.15, 0.2) is 0 Å². The third-order valence-corrected chi connectivity index (χ3v) is 1.76. The number of anilines is 1. The molecule has 0 bridgehead atoms. The van der Waals surface area contributed by atoms with Gasteiger partial charge in [0.25, 0.3) is 0 Å². The first-order valence-corrected chi connectivity index (χ1v) is 4.64. The summed E-state index contributed by atoms with van der Waals surface area (Å²) in [5.41, 5.74) is 1.12. The molecule has 1 aromatic rings. The summed E-state index contributed by atoms with van der Waals surface area (Å²) in [6.45, 7) is 6.30. The van der Waals surface area contributed by atoms with Crippen molar-refractivity contribution in [3.63, 3.8) is 0 Å². The van der Waals surface area contributed by atoms with Crippen molar-refractivity contribution in [1.29, 1.82) is 0 Å². The van der Waals surface area contributed by atoms with Gasteiger partial charge in [-0.05, 0) is 19.3 Å². The minimum atomic E-state index is 0.638. The lowest BCUT2D eigenvalue weighted by atomic mass is 10.1. The smallest absolute Gasteiger partial charge is 0.129 e. The molecular weight excluding hydrogens is 162 g/mol. The Morgan fingerprint density at radius 1 is 1.38 bits per heavy atom. The van der Waals surface area contributed by atoms with Crippen molar-refractivity contribution in [3.8, 4) is 0 Å². The fraction of sp³-hybridized carbons (Fsp3) is 0.600. The highest BCUT2D eigenvalue weighted by atomic mass is 15.0. The first-order chi connectivity index (χ1) is 6.11. The summed E-state index contributed by atoms with van der Waals surface area (Å²) in [5.74, 6) is 2.38. The average molecular weight is 179 g/mol. The van der Waals surface area contributed by atoms with Crippen LogP contribution < -0.4 is 5.32 Å². The maximum atomic E-state index is 4.37. The molecule has 0 saturated carbocycles. The van der Waals surface area contributed by atoms with E-state index in [0.717, 1.165) is 23.8 Å². The topological polar surface area (TPSA) is 37.8 Å². The van der Waals surface area contributed by atoms with Crippen LogP contribution in [0.1, 0.15) is 25.4 Å². The van der Waals surface area contributed by atoms with E-state index in [1.165, 1.54) is 0 Å². The molecule has 1 aromatic heterocycles. The SMILES string of the molecule is CNc1cc(CC(C)C)nc(C)n1. The quantitative estimate of drug-likeness (QED) is 0.771. The highest BCUT2D eigenvalue weighted by molar-refractivity contribution is 5.35. The molecule has 72 valence electrons. The average Bonchev–Trinajstić information content (AvgIpc) is 2.01. The van der Waals surface area contributed by atoms with E-state index in [4.69, 9.17) is 0 Å².